The number of furan rings is 1. The maximum Gasteiger partial charge on any atom is 0.407 e. The van der Waals surface area contributed by atoms with Crippen molar-refractivity contribution in [3.05, 3.63) is 23.7 Å². The van der Waals surface area contributed by atoms with E-state index in [4.69, 9.17) is 9.15 Å². The molecule has 5 heteroatoms. The quantitative estimate of drug-likeness (QED) is 0.841. The molecule has 0 bridgehead atoms. The van der Waals surface area contributed by atoms with Gasteiger partial charge in [0.2, 0.25) is 0 Å². The van der Waals surface area contributed by atoms with E-state index in [0.29, 0.717) is 19.2 Å². The van der Waals surface area contributed by atoms with Crippen molar-refractivity contribution in [2.24, 2.45) is 0 Å². The zero-order chi connectivity index (χ0) is 12.1. The second kappa shape index (κ2) is 5.72. The van der Waals surface area contributed by atoms with Crippen LogP contribution in [0.4, 0.5) is 4.79 Å². The third-order valence-corrected chi connectivity index (χ3v) is 2.77. The highest BCUT2D eigenvalue weighted by atomic mass is 16.5. The van der Waals surface area contributed by atoms with Crippen LogP contribution in [-0.4, -0.2) is 19.2 Å². The molecule has 0 spiro atoms. The lowest BCUT2D eigenvalue weighted by Crippen LogP contribution is -2.23. The van der Waals surface area contributed by atoms with E-state index in [9.17, 15) is 4.79 Å². The monoisotopic (exact) mass is 238 g/mol. The second-order valence-corrected chi connectivity index (χ2v) is 4.03. The summed E-state index contributed by atoms with van der Waals surface area (Å²) in [6.07, 6.45) is 1.88. The van der Waals surface area contributed by atoms with Crippen LogP contribution in [0.2, 0.25) is 0 Å². The molecule has 0 aliphatic carbocycles. The standard InChI is InChI=1S/C12H18N2O3/c1-2-16-12(15)14-8-9-5-6-11(17-9)10-4-3-7-13-10/h5-6,10,13H,2-4,7-8H2,1H3,(H,14,15)/t10-/m0/s1. The van der Waals surface area contributed by atoms with E-state index in [1.807, 2.05) is 12.1 Å². The molecule has 1 aliphatic heterocycles. The van der Waals surface area contributed by atoms with Crippen LogP contribution in [0.1, 0.15) is 37.3 Å². The maximum atomic E-state index is 11.1. The van der Waals surface area contributed by atoms with Gasteiger partial charge in [0.05, 0.1) is 19.2 Å². The van der Waals surface area contributed by atoms with Crippen molar-refractivity contribution in [1.82, 2.24) is 10.6 Å². The van der Waals surface area contributed by atoms with Crippen LogP contribution in [0.5, 0.6) is 0 Å². The fourth-order valence-corrected chi connectivity index (χ4v) is 1.95. The van der Waals surface area contributed by atoms with Crippen molar-refractivity contribution < 1.29 is 13.9 Å². The highest BCUT2D eigenvalue weighted by molar-refractivity contribution is 5.66. The predicted molar refractivity (Wildman–Crippen MR) is 62.5 cm³/mol. The summed E-state index contributed by atoms with van der Waals surface area (Å²) in [6.45, 7) is 3.56. The molecule has 1 saturated heterocycles. The van der Waals surface area contributed by atoms with Gasteiger partial charge >= 0.3 is 6.09 Å². The van der Waals surface area contributed by atoms with Crippen LogP contribution >= 0.6 is 0 Å². The number of nitrogens with one attached hydrogen (secondary N) is 2. The van der Waals surface area contributed by atoms with E-state index in [2.05, 4.69) is 10.6 Å². The van der Waals surface area contributed by atoms with Gasteiger partial charge in [-0.2, -0.15) is 0 Å². The Labute approximate surface area is 101 Å². The summed E-state index contributed by atoms with van der Waals surface area (Å²) in [5, 5.41) is 5.99. The minimum absolute atomic E-state index is 0.325. The molecular formula is C12H18N2O3. The SMILES string of the molecule is CCOC(=O)NCc1ccc([C@@H]2CCCN2)o1. The Hall–Kier alpha value is -1.49. The highest BCUT2D eigenvalue weighted by Gasteiger charge is 2.19. The Morgan fingerprint density at radius 1 is 1.65 bits per heavy atom. The molecule has 1 atom stereocenters. The van der Waals surface area contributed by atoms with Gasteiger partial charge in [-0.15, -0.1) is 0 Å². The maximum absolute atomic E-state index is 11.1. The number of hydrogen-bond acceptors (Lipinski definition) is 4. The van der Waals surface area contributed by atoms with Crippen LogP contribution in [0.15, 0.2) is 16.5 Å². The molecule has 1 aromatic heterocycles. The fourth-order valence-electron chi connectivity index (χ4n) is 1.95. The minimum atomic E-state index is -0.413. The van der Waals surface area contributed by atoms with E-state index < -0.39 is 6.09 Å². The summed E-state index contributed by atoms with van der Waals surface area (Å²) in [7, 11) is 0. The van der Waals surface area contributed by atoms with Gasteiger partial charge in [-0.05, 0) is 38.4 Å². The van der Waals surface area contributed by atoms with Crippen LogP contribution in [-0.2, 0) is 11.3 Å². The van der Waals surface area contributed by atoms with Crippen molar-refractivity contribution in [2.75, 3.05) is 13.2 Å². The lowest BCUT2D eigenvalue weighted by atomic mass is 10.2. The van der Waals surface area contributed by atoms with E-state index in [1.165, 1.54) is 6.42 Å². The van der Waals surface area contributed by atoms with Gasteiger partial charge in [0.25, 0.3) is 0 Å². The molecule has 0 unspecified atom stereocenters. The molecule has 1 amide bonds. The molecule has 5 nitrogen and oxygen atoms in total. The van der Waals surface area contributed by atoms with Crippen molar-refractivity contribution in [3.8, 4) is 0 Å². The van der Waals surface area contributed by atoms with Crippen molar-refractivity contribution >= 4 is 6.09 Å². The molecule has 2 N–H and O–H groups in total. The summed E-state index contributed by atoms with van der Waals surface area (Å²) in [6, 6.07) is 4.18. The van der Waals surface area contributed by atoms with Crippen molar-refractivity contribution in [1.29, 1.82) is 0 Å². The van der Waals surface area contributed by atoms with Crippen LogP contribution in [0, 0.1) is 0 Å². The lowest BCUT2D eigenvalue weighted by molar-refractivity contribution is 0.150. The summed E-state index contributed by atoms with van der Waals surface area (Å²) >= 11 is 0. The highest BCUT2D eigenvalue weighted by Crippen LogP contribution is 2.24. The van der Waals surface area contributed by atoms with Crippen LogP contribution in [0.25, 0.3) is 0 Å². The molecule has 2 rings (SSSR count). The number of carbonyl (C=O) groups is 1. The van der Waals surface area contributed by atoms with E-state index >= 15 is 0 Å². The lowest BCUT2D eigenvalue weighted by Gasteiger charge is -2.06. The number of amides is 1. The number of ether oxygens (including phenoxy) is 1. The number of hydrogen-bond donors (Lipinski definition) is 2. The van der Waals surface area contributed by atoms with Gasteiger partial charge in [0, 0.05) is 0 Å². The third-order valence-electron chi connectivity index (χ3n) is 2.77. The van der Waals surface area contributed by atoms with Crippen molar-refractivity contribution in [2.45, 2.75) is 32.4 Å². The van der Waals surface area contributed by atoms with Gasteiger partial charge in [-0.1, -0.05) is 0 Å². The number of alkyl carbamates (subject to hydrolysis) is 1. The average molecular weight is 238 g/mol. The Kier molecular flexibility index (Phi) is 4.03. The smallest absolute Gasteiger partial charge is 0.407 e. The van der Waals surface area contributed by atoms with Crippen LogP contribution < -0.4 is 10.6 Å². The average Bonchev–Trinajstić information content (AvgIpc) is 2.97. The normalized spacial score (nSPS) is 19.2. The number of carbonyl (C=O) groups excluding carboxylic acids is 1. The van der Waals surface area contributed by atoms with Crippen molar-refractivity contribution in [3.63, 3.8) is 0 Å². The Morgan fingerprint density at radius 3 is 3.24 bits per heavy atom. The number of rotatable bonds is 4. The molecule has 0 saturated carbocycles. The molecule has 17 heavy (non-hydrogen) atoms. The van der Waals surface area contributed by atoms with Gasteiger partial charge in [-0.3, -0.25) is 0 Å². The Bertz CT molecular complexity index is 370. The molecule has 94 valence electrons. The Morgan fingerprint density at radius 2 is 2.53 bits per heavy atom. The van der Waals surface area contributed by atoms with Gasteiger partial charge in [0.15, 0.2) is 0 Å². The van der Waals surface area contributed by atoms with Gasteiger partial charge in [0.1, 0.15) is 11.5 Å². The molecule has 1 aliphatic rings. The zero-order valence-electron chi connectivity index (χ0n) is 9.99. The fraction of sp³-hybridized carbons (Fsp3) is 0.583. The molecular weight excluding hydrogens is 220 g/mol. The summed E-state index contributed by atoms with van der Waals surface area (Å²) in [5.41, 5.74) is 0. The topological polar surface area (TPSA) is 63.5 Å². The largest absolute Gasteiger partial charge is 0.463 e. The molecule has 1 fully saturated rings. The first-order valence-electron chi connectivity index (χ1n) is 6.02. The van der Waals surface area contributed by atoms with E-state index in [-0.39, 0.29) is 0 Å². The summed E-state index contributed by atoms with van der Waals surface area (Å²) in [5.74, 6) is 1.70. The van der Waals surface area contributed by atoms with E-state index in [1.54, 1.807) is 6.92 Å². The minimum Gasteiger partial charge on any atom is -0.463 e. The van der Waals surface area contributed by atoms with Gasteiger partial charge in [-0.25, -0.2) is 4.79 Å². The third kappa shape index (κ3) is 3.23. The summed E-state index contributed by atoms with van der Waals surface area (Å²) < 4.78 is 10.4. The van der Waals surface area contributed by atoms with Crippen LogP contribution in [0.3, 0.4) is 0 Å². The predicted octanol–water partition coefficient (Wildman–Crippen LogP) is 1.95. The first-order chi connectivity index (χ1) is 8.29. The van der Waals surface area contributed by atoms with Gasteiger partial charge < -0.3 is 19.8 Å². The Balaban J connectivity index is 1.83. The molecule has 0 radical (unpaired) electrons. The summed E-state index contributed by atoms with van der Waals surface area (Å²) in [4.78, 5) is 11.1. The molecule has 1 aromatic rings. The molecule has 2 heterocycles. The first kappa shape index (κ1) is 12.0. The van der Waals surface area contributed by atoms with E-state index in [0.717, 1.165) is 24.5 Å². The second-order valence-electron chi connectivity index (χ2n) is 4.03. The zero-order valence-corrected chi connectivity index (χ0v) is 9.99. The molecule has 0 aromatic carbocycles. The first-order valence-corrected chi connectivity index (χ1v) is 6.02.